The van der Waals surface area contributed by atoms with Crippen molar-refractivity contribution in [1.82, 2.24) is 4.90 Å². The highest BCUT2D eigenvalue weighted by molar-refractivity contribution is 8.18. The lowest BCUT2D eigenvalue weighted by atomic mass is 10.1. The average molecular weight is 427 g/mol. The third-order valence-corrected chi connectivity index (χ3v) is 5.40. The summed E-state index contributed by atoms with van der Waals surface area (Å²) in [4.78, 5) is 48.0. The Hall–Kier alpha value is -3.66. The van der Waals surface area contributed by atoms with Crippen molar-refractivity contribution in [1.29, 1.82) is 0 Å². The molecular weight excluding hydrogens is 410 g/mol. The molecule has 0 aliphatic carbocycles. The van der Waals surface area contributed by atoms with Crippen molar-refractivity contribution in [3.05, 3.63) is 68.1 Å². The van der Waals surface area contributed by atoms with Gasteiger partial charge in [0.1, 0.15) is 6.54 Å². The Morgan fingerprint density at radius 3 is 2.63 bits per heavy atom. The molecule has 3 rings (SSSR count). The number of imide groups is 1. The van der Waals surface area contributed by atoms with Crippen LogP contribution in [0.5, 0.6) is 5.75 Å². The van der Waals surface area contributed by atoms with E-state index in [1.165, 1.54) is 18.2 Å². The first-order valence-corrected chi connectivity index (χ1v) is 9.58. The Balaban J connectivity index is 1.75. The predicted octanol–water partition coefficient (Wildman–Crippen LogP) is 3.59. The smallest absolute Gasteiger partial charge is 0.311 e. The van der Waals surface area contributed by atoms with Gasteiger partial charge in [0.25, 0.3) is 11.1 Å². The number of carbonyl (C=O) groups is 3. The second-order valence-corrected chi connectivity index (χ2v) is 7.58. The molecule has 154 valence electrons. The third kappa shape index (κ3) is 4.33. The molecule has 2 aromatic rings. The molecule has 0 bridgehead atoms. The van der Waals surface area contributed by atoms with Crippen molar-refractivity contribution in [3.63, 3.8) is 0 Å². The van der Waals surface area contributed by atoms with Crippen molar-refractivity contribution in [2.24, 2.45) is 0 Å². The number of benzene rings is 2. The molecule has 2 aromatic carbocycles. The minimum atomic E-state index is -0.754. The summed E-state index contributed by atoms with van der Waals surface area (Å²) in [7, 11) is 0. The molecule has 1 heterocycles. The Morgan fingerprint density at radius 1 is 1.23 bits per heavy atom. The van der Waals surface area contributed by atoms with Gasteiger partial charge in [-0.3, -0.25) is 29.4 Å². The van der Waals surface area contributed by atoms with E-state index in [9.17, 15) is 29.6 Å². The zero-order chi connectivity index (χ0) is 22.0. The van der Waals surface area contributed by atoms with Gasteiger partial charge in [-0.05, 0) is 54.9 Å². The number of phenolic OH excluding ortho intramolecular Hbond substituents is 1. The summed E-state index contributed by atoms with van der Waals surface area (Å²) < 4.78 is 0. The van der Waals surface area contributed by atoms with Crippen LogP contribution < -0.4 is 5.32 Å². The second-order valence-electron chi connectivity index (χ2n) is 6.59. The molecule has 0 unspecified atom stereocenters. The number of phenols is 1. The number of para-hydroxylation sites is 1. The molecule has 30 heavy (non-hydrogen) atoms. The monoisotopic (exact) mass is 427 g/mol. The maximum absolute atomic E-state index is 12.6. The molecule has 1 fully saturated rings. The van der Waals surface area contributed by atoms with Gasteiger partial charge in [-0.2, -0.15) is 0 Å². The number of nitrogens with zero attached hydrogens (tertiary/aromatic N) is 2. The number of thioether (sulfide) groups is 1. The summed E-state index contributed by atoms with van der Waals surface area (Å²) in [5.41, 5.74) is 2.10. The van der Waals surface area contributed by atoms with E-state index in [1.54, 1.807) is 12.1 Å². The lowest BCUT2D eigenvalue weighted by molar-refractivity contribution is -0.385. The number of rotatable bonds is 5. The summed E-state index contributed by atoms with van der Waals surface area (Å²) in [6.45, 7) is 3.36. The van der Waals surface area contributed by atoms with Gasteiger partial charge in [-0.25, -0.2) is 0 Å². The number of amides is 3. The number of aromatic hydroxyl groups is 1. The number of hydrogen-bond donors (Lipinski definition) is 2. The summed E-state index contributed by atoms with van der Waals surface area (Å²) in [5.74, 6) is -1.87. The molecule has 0 atom stereocenters. The van der Waals surface area contributed by atoms with Gasteiger partial charge in [0.15, 0.2) is 0 Å². The molecule has 3 amide bonds. The number of hydrogen-bond acceptors (Lipinski definition) is 7. The molecule has 0 aromatic heterocycles. The van der Waals surface area contributed by atoms with Crippen LogP contribution in [0.3, 0.4) is 0 Å². The van der Waals surface area contributed by atoms with E-state index in [1.807, 2.05) is 19.9 Å². The maximum Gasteiger partial charge on any atom is 0.311 e. The minimum Gasteiger partial charge on any atom is -0.502 e. The highest BCUT2D eigenvalue weighted by atomic mass is 32.2. The van der Waals surface area contributed by atoms with Gasteiger partial charge in [-0.1, -0.05) is 18.2 Å². The fourth-order valence-electron chi connectivity index (χ4n) is 2.75. The quantitative estimate of drug-likeness (QED) is 0.424. The molecule has 1 aliphatic rings. The number of aryl methyl sites for hydroxylation is 2. The van der Waals surface area contributed by atoms with Crippen LogP contribution in [0.4, 0.5) is 16.2 Å². The van der Waals surface area contributed by atoms with Crippen LogP contribution in [0, 0.1) is 24.0 Å². The Kier molecular flexibility index (Phi) is 5.88. The van der Waals surface area contributed by atoms with Gasteiger partial charge in [0.05, 0.1) is 9.83 Å². The summed E-state index contributed by atoms with van der Waals surface area (Å²) in [5, 5.41) is 23.0. The van der Waals surface area contributed by atoms with E-state index >= 15 is 0 Å². The number of carbonyl (C=O) groups excluding carboxylic acids is 3. The molecule has 0 radical (unpaired) electrons. The molecule has 1 saturated heterocycles. The average Bonchev–Trinajstić information content (AvgIpc) is 2.93. The number of anilines is 1. The molecule has 2 N–H and O–H groups in total. The van der Waals surface area contributed by atoms with Gasteiger partial charge in [-0.15, -0.1) is 0 Å². The number of nitro benzene ring substituents is 1. The minimum absolute atomic E-state index is 0.0225. The molecule has 9 nitrogen and oxygen atoms in total. The highest BCUT2D eigenvalue weighted by Crippen LogP contribution is 2.36. The number of nitrogens with one attached hydrogen (secondary N) is 1. The van der Waals surface area contributed by atoms with Crippen molar-refractivity contribution in [3.8, 4) is 5.75 Å². The first-order chi connectivity index (χ1) is 14.2. The molecule has 0 spiro atoms. The van der Waals surface area contributed by atoms with Crippen LogP contribution in [0.25, 0.3) is 6.08 Å². The van der Waals surface area contributed by atoms with Crippen molar-refractivity contribution in [2.45, 2.75) is 13.8 Å². The lowest BCUT2D eigenvalue weighted by Gasteiger charge is -2.13. The van der Waals surface area contributed by atoms with E-state index in [4.69, 9.17) is 0 Å². The van der Waals surface area contributed by atoms with Crippen LogP contribution in [0.1, 0.15) is 16.7 Å². The van der Waals surface area contributed by atoms with Crippen LogP contribution in [0.2, 0.25) is 0 Å². The van der Waals surface area contributed by atoms with Crippen LogP contribution in [-0.2, 0) is 9.59 Å². The Labute approximate surface area is 175 Å². The van der Waals surface area contributed by atoms with E-state index in [0.717, 1.165) is 22.1 Å². The van der Waals surface area contributed by atoms with Gasteiger partial charge >= 0.3 is 5.69 Å². The fourth-order valence-corrected chi connectivity index (χ4v) is 3.58. The van der Waals surface area contributed by atoms with Crippen LogP contribution in [-0.4, -0.2) is 38.5 Å². The van der Waals surface area contributed by atoms with Crippen molar-refractivity contribution < 1.29 is 24.4 Å². The SMILES string of the molecule is Cc1ccc(NC(=O)CN2C(=O)S/C(=C/c3cccc([N+](=O)[O-])c3O)C2=O)cc1C. The number of nitro groups is 1. The van der Waals surface area contributed by atoms with Gasteiger partial charge in [0, 0.05) is 17.3 Å². The molecular formula is C20H17N3O6S. The largest absolute Gasteiger partial charge is 0.502 e. The second kappa shape index (κ2) is 8.37. The molecule has 1 aliphatic heterocycles. The Bertz CT molecular complexity index is 1110. The van der Waals surface area contributed by atoms with Gasteiger partial charge in [0.2, 0.25) is 11.7 Å². The topological polar surface area (TPSA) is 130 Å². The predicted molar refractivity (Wildman–Crippen MR) is 112 cm³/mol. The van der Waals surface area contributed by atoms with Crippen molar-refractivity contribution in [2.75, 3.05) is 11.9 Å². The first-order valence-electron chi connectivity index (χ1n) is 8.76. The molecule has 0 saturated carbocycles. The zero-order valence-corrected chi connectivity index (χ0v) is 16.9. The summed E-state index contributed by atoms with van der Waals surface area (Å²) in [6.07, 6.45) is 1.19. The fraction of sp³-hybridized carbons (Fsp3) is 0.150. The third-order valence-electron chi connectivity index (χ3n) is 4.50. The maximum atomic E-state index is 12.6. The summed E-state index contributed by atoms with van der Waals surface area (Å²) in [6, 6.07) is 9.20. The molecule has 10 heteroatoms. The Morgan fingerprint density at radius 2 is 1.97 bits per heavy atom. The van der Waals surface area contributed by atoms with E-state index < -0.39 is 40.0 Å². The van der Waals surface area contributed by atoms with Crippen molar-refractivity contribution >= 4 is 46.3 Å². The normalized spacial score (nSPS) is 15.0. The highest BCUT2D eigenvalue weighted by Gasteiger charge is 2.36. The van der Waals surface area contributed by atoms with Crippen LogP contribution in [0.15, 0.2) is 41.3 Å². The standard InChI is InChI=1S/C20H17N3O6S/c1-11-6-7-14(8-12(11)2)21-17(24)10-22-19(26)16(30-20(22)27)9-13-4-3-5-15(18(13)25)23(28)29/h3-9,25H,10H2,1-2H3,(H,21,24)/b16-9+. The van der Waals surface area contributed by atoms with Crippen LogP contribution >= 0.6 is 11.8 Å². The first kappa shape index (κ1) is 21.1. The van der Waals surface area contributed by atoms with Gasteiger partial charge < -0.3 is 10.4 Å². The van der Waals surface area contributed by atoms with E-state index in [0.29, 0.717) is 17.4 Å². The zero-order valence-electron chi connectivity index (χ0n) is 16.0. The van der Waals surface area contributed by atoms with E-state index in [-0.39, 0.29) is 10.5 Å². The van der Waals surface area contributed by atoms with E-state index in [2.05, 4.69) is 5.32 Å². The lowest BCUT2D eigenvalue weighted by Crippen LogP contribution is -2.36. The summed E-state index contributed by atoms with van der Waals surface area (Å²) >= 11 is 0.590.